The number of nitrogens with two attached hydrogens (primary N) is 1. The number of hydrazine groups is 2. The summed E-state index contributed by atoms with van der Waals surface area (Å²) in [6, 6.07) is 10.4. The molecule has 0 bridgehead atoms. The largest absolute Gasteiger partial charge is 0.348 e. The molecular formula is C9H14N4S2+2. The maximum absolute atomic E-state index is 5.39. The predicted molar refractivity (Wildman–Crippen MR) is 64.9 cm³/mol. The topological polar surface area (TPSA) is 44.1 Å². The van der Waals surface area contributed by atoms with Crippen LogP contribution < -0.4 is 11.4 Å². The molecule has 0 fully saturated rings. The second-order valence-electron chi connectivity index (χ2n) is 3.09. The molecule has 1 aromatic carbocycles. The number of hydrogen-bond donors (Lipinski definition) is 2. The SMILES string of the molecule is CS1=[N+](Cc2ccccc2)SC=[N+]1NN. The van der Waals surface area contributed by atoms with Crippen LogP contribution in [0.2, 0.25) is 0 Å². The van der Waals surface area contributed by atoms with Gasteiger partial charge >= 0.3 is 16.4 Å². The average molecular weight is 242 g/mol. The van der Waals surface area contributed by atoms with Gasteiger partial charge in [0.1, 0.15) is 6.26 Å². The van der Waals surface area contributed by atoms with Gasteiger partial charge in [-0.25, -0.2) is 0 Å². The lowest BCUT2D eigenvalue weighted by atomic mass is 10.2. The molecule has 0 amide bonds. The van der Waals surface area contributed by atoms with Crippen LogP contribution in [-0.2, 0) is 17.4 Å². The highest BCUT2D eigenvalue weighted by molar-refractivity contribution is 8.10. The van der Waals surface area contributed by atoms with Gasteiger partial charge in [-0.15, -0.1) is 5.53 Å². The van der Waals surface area contributed by atoms with Crippen molar-refractivity contribution in [2.24, 2.45) is 5.84 Å². The van der Waals surface area contributed by atoms with E-state index in [9.17, 15) is 0 Å². The summed E-state index contributed by atoms with van der Waals surface area (Å²) < 4.78 is 4.20. The molecule has 15 heavy (non-hydrogen) atoms. The molecule has 1 atom stereocenters. The van der Waals surface area contributed by atoms with E-state index in [4.69, 9.17) is 5.84 Å². The minimum Gasteiger partial charge on any atom is -0.199 e. The molecule has 0 aromatic heterocycles. The highest BCUT2D eigenvalue weighted by Crippen LogP contribution is 2.13. The zero-order valence-electron chi connectivity index (χ0n) is 8.46. The van der Waals surface area contributed by atoms with Gasteiger partial charge in [0.2, 0.25) is 0 Å². The van der Waals surface area contributed by atoms with Crippen LogP contribution in [0.5, 0.6) is 0 Å². The third-order valence-electron chi connectivity index (χ3n) is 2.12. The number of rotatable bonds is 3. The van der Waals surface area contributed by atoms with Gasteiger partial charge in [-0.3, -0.25) is 0 Å². The Morgan fingerprint density at radius 3 is 2.73 bits per heavy atom. The zero-order valence-corrected chi connectivity index (χ0v) is 10.1. The Labute approximate surface area is 96.1 Å². The first kappa shape index (κ1) is 10.7. The smallest absolute Gasteiger partial charge is 0.199 e. The second-order valence-corrected chi connectivity index (χ2v) is 5.91. The van der Waals surface area contributed by atoms with Crippen molar-refractivity contribution in [3.63, 3.8) is 0 Å². The summed E-state index contributed by atoms with van der Waals surface area (Å²) in [4.78, 5) is 0. The van der Waals surface area contributed by atoms with E-state index < -0.39 is 0 Å². The quantitative estimate of drug-likeness (QED) is 0.354. The lowest BCUT2D eigenvalue weighted by Gasteiger charge is -1.95. The van der Waals surface area contributed by atoms with Crippen LogP contribution >= 0.6 is 11.9 Å². The van der Waals surface area contributed by atoms with Crippen molar-refractivity contribution in [1.82, 2.24) is 5.53 Å². The minimum absolute atomic E-state index is 0.0110. The molecule has 1 unspecified atom stereocenters. The molecule has 6 heteroatoms. The lowest BCUT2D eigenvalue weighted by molar-refractivity contribution is -0.451. The Bertz CT molecular complexity index is 413. The predicted octanol–water partition coefficient (Wildman–Crippen LogP) is 0.627. The van der Waals surface area contributed by atoms with E-state index in [1.807, 2.05) is 15.7 Å². The molecule has 1 aliphatic heterocycles. The molecule has 4 nitrogen and oxygen atoms in total. The summed E-state index contributed by atoms with van der Waals surface area (Å²) in [6.07, 6.45) is 2.14. The number of nitrogens with one attached hydrogen (secondary N) is 1. The van der Waals surface area contributed by atoms with Crippen molar-refractivity contribution >= 4 is 28.4 Å². The van der Waals surface area contributed by atoms with Crippen molar-refractivity contribution in [2.75, 3.05) is 6.26 Å². The maximum atomic E-state index is 5.39. The first-order chi connectivity index (χ1) is 7.31. The van der Waals surface area contributed by atoms with Crippen molar-refractivity contribution < 1.29 is 7.44 Å². The van der Waals surface area contributed by atoms with Gasteiger partial charge in [-0.05, 0) is 0 Å². The molecule has 0 radical (unpaired) electrons. The van der Waals surface area contributed by atoms with Gasteiger partial charge in [0.25, 0.3) is 11.9 Å². The average Bonchev–Trinajstić information content (AvgIpc) is 2.62. The summed E-state index contributed by atoms with van der Waals surface area (Å²) in [5.74, 6) is 5.39. The fourth-order valence-corrected chi connectivity index (χ4v) is 3.89. The Kier molecular flexibility index (Phi) is 3.40. The Morgan fingerprint density at radius 1 is 1.40 bits per heavy atom. The summed E-state index contributed by atoms with van der Waals surface area (Å²) in [5, 5.41) is 0. The van der Waals surface area contributed by atoms with E-state index in [2.05, 4.69) is 39.4 Å². The third kappa shape index (κ3) is 2.39. The highest BCUT2D eigenvalue weighted by atomic mass is 32.2. The van der Waals surface area contributed by atoms with Crippen molar-refractivity contribution in [3.05, 3.63) is 35.9 Å². The van der Waals surface area contributed by atoms with Crippen LogP contribution in [0.3, 0.4) is 0 Å². The van der Waals surface area contributed by atoms with Crippen LogP contribution in [0.4, 0.5) is 0 Å². The second kappa shape index (κ2) is 4.78. The molecule has 0 saturated carbocycles. The van der Waals surface area contributed by atoms with E-state index >= 15 is 0 Å². The Balaban J connectivity index is 2.13. The van der Waals surface area contributed by atoms with E-state index in [-0.39, 0.29) is 10.9 Å². The summed E-state index contributed by atoms with van der Waals surface area (Å²) in [5.41, 5.74) is 5.97. The monoisotopic (exact) mass is 242 g/mol. The van der Waals surface area contributed by atoms with Crippen molar-refractivity contribution in [2.45, 2.75) is 6.54 Å². The molecule has 0 spiro atoms. The van der Waals surface area contributed by atoms with Crippen molar-refractivity contribution in [1.29, 1.82) is 0 Å². The van der Waals surface area contributed by atoms with Gasteiger partial charge in [-0.2, -0.15) is 5.84 Å². The van der Waals surface area contributed by atoms with Gasteiger partial charge < -0.3 is 0 Å². The Morgan fingerprint density at radius 2 is 2.13 bits per heavy atom. The van der Waals surface area contributed by atoms with Crippen LogP contribution in [-0.4, -0.2) is 19.2 Å². The van der Waals surface area contributed by atoms with Crippen LogP contribution in [0, 0.1) is 0 Å². The van der Waals surface area contributed by atoms with E-state index in [1.54, 1.807) is 11.9 Å². The minimum atomic E-state index is -0.0110. The van der Waals surface area contributed by atoms with Gasteiger partial charge in [0.05, 0.1) is 0 Å². The standard InChI is InChI=1S/C9H14N4S2/c1-15-12(11-10)8-14-13(15)7-9-5-3-2-4-6-9/h2-6,8,11H,7,10H2,1H3/q+2. The zero-order chi connectivity index (χ0) is 10.7. The first-order valence-corrected chi connectivity index (χ1v) is 6.93. The van der Waals surface area contributed by atoms with Gasteiger partial charge in [0.15, 0.2) is 6.54 Å². The summed E-state index contributed by atoms with van der Waals surface area (Å²) in [7, 11) is -0.0110. The van der Waals surface area contributed by atoms with Crippen LogP contribution in [0.25, 0.3) is 0 Å². The van der Waals surface area contributed by atoms with Crippen LogP contribution in [0.15, 0.2) is 30.3 Å². The molecule has 0 aliphatic carbocycles. The summed E-state index contributed by atoms with van der Waals surface area (Å²) in [6.45, 7) is 0.930. The molecule has 80 valence electrons. The number of benzene rings is 1. The first-order valence-electron chi connectivity index (χ1n) is 4.54. The highest BCUT2D eigenvalue weighted by Gasteiger charge is 2.30. The van der Waals surface area contributed by atoms with Crippen LogP contribution in [0.1, 0.15) is 5.56 Å². The van der Waals surface area contributed by atoms with E-state index in [0.717, 1.165) is 6.54 Å². The normalized spacial score (nSPS) is 20.3. The summed E-state index contributed by atoms with van der Waals surface area (Å²) >= 11 is 1.68. The lowest BCUT2D eigenvalue weighted by Crippen LogP contribution is -2.35. The molecule has 1 heterocycles. The number of hydrazone groups is 1. The molecule has 1 aliphatic rings. The molecular weight excluding hydrogens is 228 g/mol. The van der Waals surface area contributed by atoms with Gasteiger partial charge in [0, 0.05) is 9.65 Å². The molecule has 3 N–H and O–H groups in total. The molecule has 2 rings (SSSR count). The third-order valence-corrected chi connectivity index (χ3v) is 5.33. The fraction of sp³-hybridized carbons (Fsp3) is 0.222. The van der Waals surface area contributed by atoms with E-state index in [0.29, 0.717) is 0 Å². The maximum Gasteiger partial charge on any atom is 0.348 e. The Hall–Kier alpha value is -0.850. The van der Waals surface area contributed by atoms with Gasteiger partial charge in [-0.1, -0.05) is 33.7 Å². The molecule has 1 aromatic rings. The fourth-order valence-electron chi connectivity index (χ4n) is 1.29. The number of nitrogens with zero attached hydrogens (tertiary/aromatic N) is 2. The van der Waals surface area contributed by atoms with Crippen molar-refractivity contribution in [3.8, 4) is 0 Å². The molecule has 0 saturated heterocycles. The number of hydrogen-bond acceptors (Lipinski definition) is 3. The van der Waals surface area contributed by atoms with E-state index in [1.165, 1.54) is 5.56 Å².